The van der Waals surface area contributed by atoms with Crippen molar-refractivity contribution < 1.29 is 18.7 Å². The number of methoxy groups -OCH3 is 1. The van der Waals surface area contributed by atoms with E-state index in [1.54, 1.807) is 12.1 Å². The Bertz CT molecular complexity index is 510. The zero-order valence-corrected chi connectivity index (χ0v) is 12.1. The molecule has 1 N–H and O–H groups in total. The van der Waals surface area contributed by atoms with Crippen LogP contribution in [0.5, 0.6) is 0 Å². The van der Waals surface area contributed by atoms with Gasteiger partial charge in [-0.25, -0.2) is 4.39 Å². The van der Waals surface area contributed by atoms with Gasteiger partial charge in [0, 0.05) is 6.04 Å². The standard InChI is InChI=1S/C16H20FNO3/c1-21-16(20)12-5-7-14(8-6-12)18-15(19)10-11-3-2-4-13(17)9-11/h2-4,9,12,14H,5-8,10H2,1H3,(H,18,19). The van der Waals surface area contributed by atoms with Crippen molar-refractivity contribution >= 4 is 11.9 Å². The predicted octanol–water partition coefficient (Wildman–Crippen LogP) is 2.22. The molecule has 1 aromatic carbocycles. The van der Waals surface area contributed by atoms with Crippen molar-refractivity contribution in [2.75, 3.05) is 7.11 Å². The van der Waals surface area contributed by atoms with Crippen molar-refractivity contribution in [3.05, 3.63) is 35.6 Å². The lowest BCUT2D eigenvalue weighted by molar-refractivity contribution is -0.146. The molecule has 0 atom stereocenters. The highest BCUT2D eigenvalue weighted by Crippen LogP contribution is 2.25. The number of ether oxygens (including phenoxy) is 1. The number of carbonyl (C=O) groups is 2. The van der Waals surface area contributed by atoms with Crippen LogP contribution < -0.4 is 5.32 Å². The average Bonchev–Trinajstić information content (AvgIpc) is 2.47. The molecule has 0 aliphatic heterocycles. The predicted molar refractivity (Wildman–Crippen MR) is 76.0 cm³/mol. The van der Waals surface area contributed by atoms with Gasteiger partial charge in [0.25, 0.3) is 0 Å². The first kappa shape index (κ1) is 15.5. The number of amides is 1. The molecule has 1 fully saturated rings. The molecule has 1 aliphatic carbocycles. The van der Waals surface area contributed by atoms with Crippen LogP contribution in [0.25, 0.3) is 0 Å². The van der Waals surface area contributed by atoms with Gasteiger partial charge in [-0.05, 0) is 43.4 Å². The van der Waals surface area contributed by atoms with Crippen LogP contribution in [0.2, 0.25) is 0 Å². The lowest BCUT2D eigenvalue weighted by Crippen LogP contribution is -2.39. The van der Waals surface area contributed by atoms with Crippen LogP contribution in [0.3, 0.4) is 0 Å². The minimum Gasteiger partial charge on any atom is -0.469 e. The SMILES string of the molecule is COC(=O)C1CCC(NC(=O)Cc2cccc(F)c2)CC1. The van der Waals surface area contributed by atoms with Crippen molar-refractivity contribution in [3.63, 3.8) is 0 Å². The average molecular weight is 293 g/mol. The van der Waals surface area contributed by atoms with Gasteiger partial charge in [-0.1, -0.05) is 12.1 Å². The third-order valence-corrected chi connectivity index (χ3v) is 3.88. The zero-order chi connectivity index (χ0) is 15.2. The topological polar surface area (TPSA) is 55.4 Å². The van der Waals surface area contributed by atoms with Gasteiger partial charge in [0.15, 0.2) is 0 Å². The number of nitrogens with one attached hydrogen (secondary N) is 1. The molecule has 0 aromatic heterocycles. The second-order valence-electron chi connectivity index (χ2n) is 5.45. The molecule has 0 radical (unpaired) electrons. The van der Waals surface area contributed by atoms with Crippen LogP contribution in [0, 0.1) is 11.7 Å². The normalized spacial score (nSPS) is 21.6. The fraction of sp³-hybridized carbons (Fsp3) is 0.500. The summed E-state index contributed by atoms with van der Waals surface area (Å²) >= 11 is 0. The van der Waals surface area contributed by atoms with Gasteiger partial charge in [0.2, 0.25) is 5.91 Å². The summed E-state index contributed by atoms with van der Waals surface area (Å²) in [6.07, 6.45) is 3.19. The molecule has 5 heteroatoms. The molecule has 4 nitrogen and oxygen atoms in total. The first-order valence-corrected chi connectivity index (χ1v) is 7.20. The summed E-state index contributed by atoms with van der Waals surface area (Å²) in [6, 6.07) is 6.14. The maximum absolute atomic E-state index is 13.1. The molecule has 2 rings (SSSR count). The molecule has 1 aromatic rings. The fourth-order valence-corrected chi connectivity index (χ4v) is 2.75. The van der Waals surface area contributed by atoms with E-state index in [1.165, 1.54) is 19.2 Å². The van der Waals surface area contributed by atoms with E-state index in [-0.39, 0.29) is 36.1 Å². The van der Waals surface area contributed by atoms with Gasteiger partial charge in [-0.2, -0.15) is 0 Å². The number of benzene rings is 1. The second kappa shape index (κ2) is 7.20. The number of halogens is 1. The van der Waals surface area contributed by atoms with Gasteiger partial charge in [0.05, 0.1) is 19.4 Å². The number of carbonyl (C=O) groups excluding carboxylic acids is 2. The second-order valence-corrected chi connectivity index (χ2v) is 5.45. The van der Waals surface area contributed by atoms with Crippen molar-refractivity contribution in [1.29, 1.82) is 0 Å². The highest BCUT2D eigenvalue weighted by atomic mass is 19.1. The Morgan fingerprint density at radius 2 is 2.00 bits per heavy atom. The monoisotopic (exact) mass is 293 g/mol. The van der Waals surface area contributed by atoms with E-state index in [0.717, 1.165) is 25.7 Å². The molecule has 0 heterocycles. The summed E-state index contributed by atoms with van der Waals surface area (Å²) in [7, 11) is 1.40. The molecule has 0 bridgehead atoms. The van der Waals surface area contributed by atoms with Crippen molar-refractivity contribution in [3.8, 4) is 0 Å². The van der Waals surface area contributed by atoms with Gasteiger partial charge in [0.1, 0.15) is 5.82 Å². The van der Waals surface area contributed by atoms with Crippen LogP contribution in [-0.4, -0.2) is 25.0 Å². The lowest BCUT2D eigenvalue weighted by atomic mass is 9.86. The highest BCUT2D eigenvalue weighted by molar-refractivity contribution is 5.79. The molecular formula is C16H20FNO3. The maximum atomic E-state index is 13.1. The summed E-state index contributed by atoms with van der Waals surface area (Å²) in [5, 5.41) is 2.95. The van der Waals surface area contributed by atoms with Crippen molar-refractivity contribution in [1.82, 2.24) is 5.32 Å². The first-order chi connectivity index (χ1) is 10.1. The molecule has 1 amide bonds. The van der Waals surface area contributed by atoms with E-state index in [1.807, 2.05) is 0 Å². The molecule has 114 valence electrons. The van der Waals surface area contributed by atoms with Crippen LogP contribution in [0.1, 0.15) is 31.2 Å². The third kappa shape index (κ3) is 4.55. The Morgan fingerprint density at radius 1 is 1.29 bits per heavy atom. The van der Waals surface area contributed by atoms with Gasteiger partial charge in [-0.15, -0.1) is 0 Å². The minimum absolute atomic E-state index is 0.0497. The highest BCUT2D eigenvalue weighted by Gasteiger charge is 2.27. The summed E-state index contributed by atoms with van der Waals surface area (Å²) in [5.74, 6) is -0.660. The van der Waals surface area contributed by atoms with Gasteiger partial charge < -0.3 is 10.1 Å². The summed E-state index contributed by atoms with van der Waals surface area (Å²) in [5.41, 5.74) is 0.663. The number of hydrogen-bond donors (Lipinski definition) is 1. The Hall–Kier alpha value is -1.91. The summed E-state index contributed by atoms with van der Waals surface area (Å²) < 4.78 is 17.8. The Morgan fingerprint density at radius 3 is 2.62 bits per heavy atom. The van der Waals surface area contributed by atoms with Crippen LogP contribution in [0.4, 0.5) is 4.39 Å². The number of rotatable bonds is 4. The quantitative estimate of drug-likeness (QED) is 0.866. The summed E-state index contributed by atoms with van der Waals surface area (Å²) in [6.45, 7) is 0. The molecule has 0 unspecified atom stereocenters. The number of hydrogen-bond acceptors (Lipinski definition) is 3. The molecule has 0 saturated heterocycles. The maximum Gasteiger partial charge on any atom is 0.308 e. The van der Waals surface area contributed by atoms with E-state index in [4.69, 9.17) is 4.74 Å². The minimum atomic E-state index is -0.334. The smallest absolute Gasteiger partial charge is 0.308 e. The van der Waals surface area contributed by atoms with Crippen molar-refractivity contribution in [2.24, 2.45) is 5.92 Å². The zero-order valence-electron chi connectivity index (χ0n) is 12.1. The Kier molecular flexibility index (Phi) is 5.31. The molecule has 1 saturated carbocycles. The fourth-order valence-electron chi connectivity index (χ4n) is 2.75. The van der Waals surface area contributed by atoms with Gasteiger partial charge in [-0.3, -0.25) is 9.59 Å². The van der Waals surface area contributed by atoms with E-state index in [9.17, 15) is 14.0 Å². The molecule has 0 spiro atoms. The van der Waals surface area contributed by atoms with E-state index >= 15 is 0 Å². The summed E-state index contributed by atoms with van der Waals surface area (Å²) in [4.78, 5) is 23.4. The van der Waals surface area contributed by atoms with Crippen LogP contribution in [0.15, 0.2) is 24.3 Å². The Balaban J connectivity index is 1.78. The van der Waals surface area contributed by atoms with E-state index in [0.29, 0.717) is 5.56 Å². The van der Waals surface area contributed by atoms with E-state index in [2.05, 4.69) is 5.32 Å². The lowest BCUT2D eigenvalue weighted by Gasteiger charge is -2.27. The number of esters is 1. The molecule has 1 aliphatic rings. The largest absolute Gasteiger partial charge is 0.469 e. The van der Waals surface area contributed by atoms with Crippen LogP contribution >= 0.6 is 0 Å². The first-order valence-electron chi connectivity index (χ1n) is 7.20. The third-order valence-electron chi connectivity index (χ3n) is 3.88. The van der Waals surface area contributed by atoms with Crippen LogP contribution in [-0.2, 0) is 20.7 Å². The van der Waals surface area contributed by atoms with Gasteiger partial charge >= 0.3 is 5.97 Å². The Labute approximate surface area is 123 Å². The van der Waals surface area contributed by atoms with Crippen molar-refractivity contribution in [2.45, 2.75) is 38.1 Å². The molecular weight excluding hydrogens is 273 g/mol. The molecule has 21 heavy (non-hydrogen) atoms. The van der Waals surface area contributed by atoms with E-state index < -0.39 is 0 Å².